The van der Waals surface area contributed by atoms with E-state index in [2.05, 4.69) is 61.2 Å². The van der Waals surface area contributed by atoms with Gasteiger partial charge in [-0.25, -0.2) is 8.78 Å². The second-order valence-electron chi connectivity index (χ2n) is 8.92. The summed E-state index contributed by atoms with van der Waals surface area (Å²) < 4.78 is 28.4. The van der Waals surface area contributed by atoms with Crippen molar-refractivity contribution in [2.24, 2.45) is 0 Å². The number of rotatable bonds is 9. The van der Waals surface area contributed by atoms with Gasteiger partial charge in [0.25, 0.3) is 0 Å². The summed E-state index contributed by atoms with van der Waals surface area (Å²) in [4.78, 5) is 2.53. The van der Waals surface area contributed by atoms with Crippen molar-refractivity contribution in [3.05, 3.63) is 71.3 Å². The molecule has 0 amide bonds. The first-order valence-corrected chi connectivity index (χ1v) is 11.9. The Labute approximate surface area is 193 Å². The van der Waals surface area contributed by atoms with Gasteiger partial charge < -0.3 is 4.90 Å². The van der Waals surface area contributed by atoms with Gasteiger partial charge in [0.2, 0.25) is 0 Å². The number of nitrogens with zero attached hydrogens (tertiary/aromatic N) is 2. The van der Waals surface area contributed by atoms with Crippen molar-refractivity contribution >= 4 is 0 Å². The van der Waals surface area contributed by atoms with Gasteiger partial charge in [0.15, 0.2) is 0 Å². The monoisotopic (exact) mass is 440 g/mol. The summed E-state index contributed by atoms with van der Waals surface area (Å²) in [5, 5.41) is 7.32. The van der Waals surface area contributed by atoms with E-state index in [4.69, 9.17) is 5.26 Å². The lowest BCUT2D eigenvalue weighted by Gasteiger charge is -2.29. The quantitative estimate of drug-likeness (QED) is 0.418. The molecule has 1 aliphatic carbocycles. The number of benzene rings is 2. The first-order chi connectivity index (χ1) is 15.5. The van der Waals surface area contributed by atoms with Gasteiger partial charge in [0.1, 0.15) is 12.3 Å². The van der Waals surface area contributed by atoms with E-state index in [1.807, 2.05) is 12.1 Å². The third-order valence-electron chi connectivity index (χ3n) is 6.28. The molecule has 174 valence electrons. The molecule has 1 aliphatic rings. The molecule has 0 aromatic heterocycles. The van der Waals surface area contributed by atoms with Crippen LogP contribution >= 0.6 is 0 Å². The maximum Gasteiger partial charge on any atom is 0.110 e. The van der Waals surface area contributed by atoms with Crippen molar-refractivity contribution in [2.45, 2.75) is 83.6 Å². The molecule has 2 unspecified atom stereocenters. The van der Waals surface area contributed by atoms with Crippen LogP contribution in [0.4, 0.5) is 8.78 Å². The van der Waals surface area contributed by atoms with Crippen LogP contribution in [0, 0.1) is 11.3 Å². The number of halogens is 2. The third kappa shape index (κ3) is 8.36. The molecule has 2 atom stereocenters. The van der Waals surface area contributed by atoms with Crippen molar-refractivity contribution in [3.63, 3.8) is 0 Å². The Morgan fingerprint density at radius 3 is 2.03 bits per heavy atom. The summed E-state index contributed by atoms with van der Waals surface area (Å²) in [6, 6.07) is 20.9. The number of hydrogen-bond donors (Lipinski definition) is 0. The van der Waals surface area contributed by atoms with Crippen LogP contribution in [0.3, 0.4) is 0 Å². The second-order valence-corrected chi connectivity index (χ2v) is 8.92. The molecule has 2 aromatic rings. The van der Waals surface area contributed by atoms with Crippen molar-refractivity contribution in [1.82, 2.24) is 4.90 Å². The Bertz CT molecular complexity index is 788. The summed E-state index contributed by atoms with van der Waals surface area (Å²) in [7, 11) is 0. The highest BCUT2D eigenvalue weighted by Gasteiger charge is 2.34. The van der Waals surface area contributed by atoms with Gasteiger partial charge in [-0.3, -0.25) is 0 Å². The summed E-state index contributed by atoms with van der Waals surface area (Å²) in [6.45, 7) is 8.07. The van der Waals surface area contributed by atoms with E-state index in [-0.39, 0.29) is 0 Å². The van der Waals surface area contributed by atoms with E-state index in [0.717, 1.165) is 37.9 Å². The average Bonchev–Trinajstić information content (AvgIpc) is 2.78. The van der Waals surface area contributed by atoms with Gasteiger partial charge >= 0.3 is 0 Å². The minimum absolute atomic E-state index is 0.487. The minimum atomic E-state index is -1.05. The van der Waals surface area contributed by atoms with Gasteiger partial charge in [-0.1, -0.05) is 54.6 Å². The van der Waals surface area contributed by atoms with Crippen LogP contribution in [0.25, 0.3) is 0 Å². The van der Waals surface area contributed by atoms with Gasteiger partial charge in [0.05, 0.1) is 6.07 Å². The lowest BCUT2D eigenvalue weighted by atomic mass is 9.81. The molecule has 0 radical (unpaired) electrons. The summed E-state index contributed by atoms with van der Waals surface area (Å²) in [5.41, 5.74) is 3.45. The molecule has 3 rings (SSSR count). The predicted molar refractivity (Wildman–Crippen MR) is 129 cm³/mol. The topological polar surface area (TPSA) is 27.0 Å². The molecule has 1 fully saturated rings. The highest BCUT2D eigenvalue weighted by Crippen LogP contribution is 2.37. The molecule has 0 spiro atoms. The first-order valence-electron chi connectivity index (χ1n) is 11.9. The van der Waals surface area contributed by atoms with E-state index in [9.17, 15) is 8.78 Å². The van der Waals surface area contributed by atoms with Crippen LogP contribution in [0.15, 0.2) is 54.6 Å². The van der Waals surface area contributed by atoms with Crippen molar-refractivity contribution in [1.29, 1.82) is 5.26 Å². The number of aryl methyl sites for hydroxylation is 1. The van der Waals surface area contributed by atoms with Crippen LogP contribution in [0.5, 0.6) is 0 Å². The number of alkyl halides is 2. The molecule has 0 aliphatic heterocycles. The van der Waals surface area contributed by atoms with Crippen molar-refractivity contribution in [3.8, 4) is 6.07 Å². The number of nitriles is 1. The van der Waals surface area contributed by atoms with Crippen molar-refractivity contribution in [2.75, 3.05) is 13.1 Å². The van der Waals surface area contributed by atoms with Crippen LogP contribution in [-0.4, -0.2) is 36.4 Å². The van der Waals surface area contributed by atoms with E-state index < -0.39 is 18.3 Å². The zero-order chi connectivity index (χ0) is 23.3. The fourth-order valence-electron chi connectivity index (χ4n) is 4.45. The first kappa shape index (κ1) is 26.0. The standard InChI is InChI=1S/C26H35F2N.C2H3N/c1-20(2)29(19-17-21-8-4-3-5-9-21)18-7-10-22-13-15-23(16-14-22)26-24(27)11-6-12-25(26)28;1-2-3/h3-5,8-9,13-16,20,24-26H,6-7,10-12,17-19H2,1-2H3;1H3. The zero-order valence-corrected chi connectivity index (χ0v) is 19.8. The average molecular weight is 441 g/mol. The molecule has 32 heavy (non-hydrogen) atoms. The van der Waals surface area contributed by atoms with Crippen LogP contribution < -0.4 is 0 Å². The molecule has 2 aromatic carbocycles. The highest BCUT2D eigenvalue weighted by atomic mass is 19.1. The fourth-order valence-corrected chi connectivity index (χ4v) is 4.45. The molecule has 0 bridgehead atoms. The predicted octanol–water partition coefficient (Wildman–Crippen LogP) is 7.05. The molecule has 2 nitrogen and oxygen atoms in total. The SMILES string of the molecule is CC#N.CC(C)N(CCCc1ccc(C2C(F)CCCC2F)cc1)CCc1ccccc1. The summed E-state index contributed by atoms with van der Waals surface area (Å²) >= 11 is 0. The van der Waals surface area contributed by atoms with Gasteiger partial charge in [-0.15, -0.1) is 0 Å². The summed E-state index contributed by atoms with van der Waals surface area (Å²) in [5.74, 6) is -0.577. The molecule has 4 heteroatoms. The molecule has 0 saturated heterocycles. The molecule has 1 saturated carbocycles. The Hall–Kier alpha value is -2.25. The lowest BCUT2D eigenvalue weighted by Crippen LogP contribution is -2.34. The molecule has 0 heterocycles. The Morgan fingerprint density at radius 1 is 0.906 bits per heavy atom. The highest BCUT2D eigenvalue weighted by molar-refractivity contribution is 5.28. The Kier molecular flexibility index (Phi) is 11.4. The largest absolute Gasteiger partial charge is 0.301 e. The van der Waals surface area contributed by atoms with Gasteiger partial charge in [-0.2, -0.15) is 5.26 Å². The van der Waals surface area contributed by atoms with E-state index in [1.165, 1.54) is 18.1 Å². The van der Waals surface area contributed by atoms with E-state index in [0.29, 0.717) is 25.3 Å². The molecule has 0 N–H and O–H groups in total. The Balaban J connectivity index is 0.00000114. The van der Waals surface area contributed by atoms with Gasteiger partial charge in [0, 0.05) is 25.4 Å². The molecular weight excluding hydrogens is 402 g/mol. The van der Waals surface area contributed by atoms with Crippen molar-refractivity contribution < 1.29 is 8.78 Å². The van der Waals surface area contributed by atoms with E-state index >= 15 is 0 Å². The zero-order valence-electron chi connectivity index (χ0n) is 19.8. The van der Waals surface area contributed by atoms with Crippen LogP contribution in [0.2, 0.25) is 0 Å². The maximum atomic E-state index is 14.2. The minimum Gasteiger partial charge on any atom is -0.301 e. The van der Waals surface area contributed by atoms with Crippen LogP contribution in [0.1, 0.15) is 69.1 Å². The number of hydrogen-bond acceptors (Lipinski definition) is 2. The molecular formula is C28H38F2N2. The normalized spacial score (nSPS) is 20.5. The third-order valence-corrected chi connectivity index (χ3v) is 6.28. The van der Waals surface area contributed by atoms with Gasteiger partial charge in [-0.05, 0) is 75.6 Å². The second kappa shape index (κ2) is 14.0. The summed E-state index contributed by atoms with van der Waals surface area (Å²) in [6.07, 6.45) is 2.70. The lowest BCUT2D eigenvalue weighted by molar-refractivity contribution is 0.124. The van der Waals surface area contributed by atoms with E-state index in [1.54, 1.807) is 6.07 Å². The Morgan fingerprint density at radius 2 is 1.47 bits per heavy atom. The smallest absolute Gasteiger partial charge is 0.110 e. The van der Waals surface area contributed by atoms with Crippen LogP contribution in [-0.2, 0) is 12.8 Å². The fraction of sp³-hybridized carbons (Fsp3) is 0.536. The maximum absolute atomic E-state index is 14.2.